The van der Waals surface area contributed by atoms with Crippen LogP contribution in [0, 0.1) is 5.82 Å². The molecular formula is C26H29FN4O5. The molecule has 0 spiro atoms. The van der Waals surface area contributed by atoms with Crippen LogP contribution < -0.4 is 10.6 Å². The first-order valence-corrected chi connectivity index (χ1v) is 11.7. The number of aliphatic hydroxyl groups excluding tert-OH is 2. The zero-order chi connectivity index (χ0) is 25.9. The summed E-state index contributed by atoms with van der Waals surface area (Å²) in [6.45, 7) is 1.86. The lowest BCUT2D eigenvalue weighted by Gasteiger charge is -2.29. The van der Waals surface area contributed by atoms with E-state index in [9.17, 15) is 29.0 Å². The first-order valence-electron chi connectivity index (χ1n) is 11.7. The van der Waals surface area contributed by atoms with E-state index in [1.807, 2.05) is 18.2 Å². The number of aliphatic hydroxyl groups is 2. The summed E-state index contributed by atoms with van der Waals surface area (Å²) in [4.78, 5) is 40.4. The molecule has 2 aromatic rings. The Balaban J connectivity index is 1.31. The van der Waals surface area contributed by atoms with Gasteiger partial charge in [0.2, 0.25) is 0 Å². The summed E-state index contributed by atoms with van der Waals surface area (Å²) in [7, 11) is 0. The molecule has 0 saturated heterocycles. The number of nitrogens with zero attached hydrogens (tertiary/aromatic N) is 2. The Bertz CT molecular complexity index is 1190. The fraction of sp³-hybridized carbons (Fsp3) is 0.346. The number of anilines is 1. The second kappa shape index (κ2) is 10.5. The minimum atomic E-state index is -1.27. The van der Waals surface area contributed by atoms with Crippen LogP contribution in [0.5, 0.6) is 0 Å². The minimum Gasteiger partial charge on any atom is -0.394 e. The average molecular weight is 497 g/mol. The molecule has 0 fully saturated rings. The van der Waals surface area contributed by atoms with Crippen molar-refractivity contribution >= 4 is 29.1 Å². The van der Waals surface area contributed by atoms with Gasteiger partial charge >= 0.3 is 17.8 Å². The molecule has 0 bridgehead atoms. The van der Waals surface area contributed by atoms with E-state index in [4.69, 9.17) is 0 Å². The van der Waals surface area contributed by atoms with Gasteiger partial charge < -0.3 is 30.6 Å². The van der Waals surface area contributed by atoms with Crippen molar-refractivity contribution in [2.24, 2.45) is 0 Å². The van der Waals surface area contributed by atoms with E-state index in [0.29, 0.717) is 31.7 Å². The molecule has 4 amide bonds. The van der Waals surface area contributed by atoms with Crippen LogP contribution in [0.2, 0.25) is 0 Å². The maximum Gasteiger partial charge on any atom is 0.322 e. The van der Waals surface area contributed by atoms with Gasteiger partial charge in [0.05, 0.1) is 18.8 Å². The first kappa shape index (κ1) is 25.3. The second-order valence-corrected chi connectivity index (χ2v) is 9.34. The Hall–Kier alpha value is -3.76. The summed E-state index contributed by atoms with van der Waals surface area (Å²) in [5.41, 5.74) is 3.08. The highest BCUT2D eigenvalue weighted by atomic mass is 19.1. The molecule has 190 valence electrons. The second-order valence-electron chi connectivity index (χ2n) is 9.34. The number of urea groups is 1. The van der Waals surface area contributed by atoms with Crippen LogP contribution in [0.15, 0.2) is 48.5 Å². The molecule has 36 heavy (non-hydrogen) atoms. The Labute approximate surface area is 208 Å². The van der Waals surface area contributed by atoms with Crippen molar-refractivity contribution in [2.75, 3.05) is 31.6 Å². The Morgan fingerprint density at radius 3 is 2.33 bits per heavy atom. The summed E-state index contributed by atoms with van der Waals surface area (Å²) >= 11 is 0. The van der Waals surface area contributed by atoms with Crippen LogP contribution >= 0.6 is 0 Å². The van der Waals surface area contributed by atoms with Crippen molar-refractivity contribution in [1.82, 2.24) is 15.1 Å². The third kappa shape index (κ3) is 5.55. The summed E-state index contributed by atoms with van der Waals surface area (Å²) in [6.07, 6.45) is 2.42. The van der Waals surface area contributed by atoms with Gasteiger partial charge in [-0.15, -0.1) is 0 Å². The molecule has 2 aliphatic rings. The van der Waals surface area contributed by atoms with Gasteiger partial charge in [0.25, 0.3) is 0 Å². The standard InChI is InChI=1S/C26H29FN4O5/c1-26(15-32,16-33)29-23(34)24(35)30-10-8-18(9-11-30)17-3-6-22(7-4-17)28-25(36)31-13-19-2-5-21(27)12-20(19)14-31/h2-8,12,32-33H,9-11,13-16H2,1H3,(H,28,36)(H,29,34). The predicted molar refractivity (Wildman–Crippen MR) is 131 cm³/mol. The van der Waals surface area contributed by atoms with E-state index in [0.717, 1.165) is 22.3 Å². The lowest BCUT2D eigenvalue weighted by atomic mass is 9.99. The van der Waals surface area contributed by atoms with Crippen LogP contribution in [0.4, 0.5) is 14.9 Å². The van der Waals surface area contributed by atoms with Gasteiger partial charge in [0.15, 0.2) is 0 Å². The Morgan fingerprint density at radius 1 is 1.00 bits per heavy atom. The number of nitrogens with one attached hydrogen (secondary N) is 2. The average Bonchev–Trinajstić information content (AvgIpc) is 3.32. The Morgan fingerprint density at radius 2 is 1.69 bits per heavy atom. The maximum absolute atomic E-state index is 13.4. The lowest BCUT2D eigenvalue weighted by molar-refractivity contribution is -0.147. The number of carbonyl (C=O) groups is 3. The van der Waals surface area contributed by atoms with Crippen LogP contribution in [-0.4, -0.2) is 69.7 Å². The molecule has 10 heteroatoms. The van der Waals surface area contributed by atoms with Gasteiger partial charge in [-0.05, 0) is 59.9 Å². The number of carbonyl (C=O) groups excluding carboxylic acids is 3. The monoisotopic (exact) mass is 496 g/mol. The van der Waals surface area contributed by atoms with Crippen LogP contribution in [0.3, 0.4) is 0 Å². The summed E-state index contributed by atoms with van der Waals surface area (Å²) in [5, 5.41) is 23.9. The molecule has 0 unspecified atom stereocenters. The molecule has 0 aromatic heterocycles. The summed E-state index contributed by atoms with van der Waals surface area (Å²) < 4.78 is 13.4. The molecule has 0 saturated carbocycles. The number of benzene rings is 2. The topological polar surface area (TPSA) is 122 Å². The van der Waals surface area contributed by atoms with E-state index in [1.54, 1.807) is 23.1 Å². The van der Waals surface area contributed by atoms with Gasteiger partial charge in [-0.25, -0.2) is 9.18 Å². The predicted octanol–water partition coefficient (Wildman–Crippen LogP) is 1.85. The first-order chi connectivity index (χ1) is 17.2. The third-order valence-corrected chi connectivity index (χ3v) is 6.49. The molecule has 4 rings (SSSR count). The van der Waals surface area contributed by atoms with Gasteiger partial charge in [-0.3, -0.25) is 9.59 Å². The summed E-state index contributed by atoms with van der Waals surface area (Å²) in [6, 6.07) is 11.7. The number of hydrogen-bond acceptors (Lipinski definition) is 5. The number of fused-ring (bicyclic) bond motifs is 1. The van der Waals surface area contributed by atoms with Crippen molar-refractivity contribution < 1.29 is 29.0 Å². The van der Waals surface area contributed by atoms with Crippen molar-refractivity contribution in [3.8, 4) is 0 Å². The fourth-order valence-corrected chi connectivity index (χ4v) is 4.19. The molecule has 2 aromatic carbocycles. The molecule has 2 aliphatic heterocycles. The molecule has 9 nitrogen and oxygen atoms in total. The molecule has 4 N–H and O–H groups in total. The molecular weight excluding hydrogens is 467 g/mol. The molecule has 0 radical (unpaired) electrons. The molecule has 2 heterocycles. The van der Waals surface area contributed by atoms with Gasteiger partial charge in [-0.1, -0.05) is 24.3 Å². The smallest absolute Gasteiger partial charge is 0.322 e. The number of hydrogen-bond donors (Lipinski definition) is 4. The minimum absolute atomic E-state index is 0.255. The summed E-state index contributed by atoms with van der Waals surface area (Å²) in [5.74, 6) is -1.90. The van der Waals surface area contributed by atoms with Gasteiger partial charge in [-0.2, -0.15) is 0 Å². The Kier molecular flexibility index (Phi) is 7.37. The van der Waals surface area contributed by atoms with Gasteiger partial charge in [0, 0.05) is 31.9 Å². The van der Waals surface area contributed by atoms with E-state index in [-0.39, 0.29) is 18.4 Å². The quantitative estimate of drug-likeness (QED) is 0.471. The van der Waals surface area contributed by atoms with Gasteiger partial charge in [0.1, 0.15) is 5.82 Å². The number of halogens is 1. The normalized spacial score (nSPS) is 15.3. The van der Waals surface area contributed by atoms with Crippen LogP contribution in [-0.2, 0) is 22.7 Å². The number of rotatable bonds is 5. The van der Waals surface area contributed by atoms with Crippen molar-refractivity contribution in [1.29, 1.82) is 0 Å². The SMILES string of the molecule is CC(CO)(CO)NC(=O)C(=O)N1CC=C(c2ccc(NC(=O)N3Cc4ccc(F)cc4C3)cc2)CC1. The molecule has 0 aliphatic carbocycles. The van der Waals surface area contributed by atoms with Crippen molar-refractivity contribution in [3.63, 3.8) is 0 Å². The largest absolute Gasteiger partial charge is 0.394 e. The van der Waals surface area contributed by atoms with E-state index < -0.39 is 30.6 Å². The van der Waals surface area contributed by atoms with E-state index in [2.05, 4.69) is 10.6 Å². The molecule has 0 atom stereocenters. The van der Waals surface area contributed by atoms with E-state index in [1.165, 1.54) is 24.0 Å². The van der Waals surface area contributed by atoms with E-state index >= 15 is 0 Å². The zero-order valence-electron chi connectivity index (χ0n) is 20.0. The lowest BCUT2D eigenvalue weighted by Crippen LogP contribution is -2.56. The highest BCUT2D eigenvalue weighted by molar-refractivity contribution is 6.35. The maximum atomic E-state index is 13.4. The number of amides is 4. The van der Waals surface area contributed by atoms with Crippen molar-refractivity contribution in [2.45, 2.75) is 32.0 Å². The highest BCUT2D eigenvalue weighted by Crippen LogP contribution is 2.26. The fourth-order valence-electron chi connectivity index (χ4n) is 4.19. The highest BCUT2D eigenvalue weighted by Gasteiger charge is 2.31. The van der Waals surface area contributed by atoms with Crippen molar-refractivity contribution in [3.05, 3.63) is 71.0 Å². The van der Waals surface area contributed by atoms with Crippen LogP contribution in [0.25, 0.3) is 5.57 Å². The van der Waals surface area contributed by atoms with Crippen LogP contribution in [0.1, 0.15) is 30.0 Å². The third-order valence-electron chi connectivity index (χ3n) is 6.49. The zero-order valence-corrected chi connectivity index (χ0v) is 20.0.